The molecule has 0 fully saturated rings. The Labute approximate surface area is 199 Å². The van der Waals surface area contributed by atoms with E-state index < -0.39 is 0 Å². The molecule has 1 nitrogen and oxygen atoms in total. The molecule has 0 saturated heterocycles. The lowest BCUT2D eigenvalue weighted by molar-refractivity contribution is 0.103. The lowest BCUT2D eigenvalue weighted by Crippen LogP contribution is -2.51. The third kappa shape index (κ3) is 9.49. The van der Waals surface area contributed by atoms with Gasteiger partial charge in [-0.3, -0.25) is 0 Å². The van der Waals surface area contributed by atoms with Gasteiger partial charge in [0.1, 0.15) is 0 Å². The fraction of sp³-hybridized carbons (Fsp3) is 0.613. The fourth-order valence-corrected chi connectivity index (χ4v) is 5.17. The van der Waals surface area contributed by atoms with Gasteiger partial charge in [-0.05, 0) is 62.5 Å². The van der Waals surface area contributed by atoms with Crippen LogP contribution in [0.2, 0.25) is 0 Å². The number of benzene rings is 2. The van der Waals surface area contributed by atoms with Crippen LogP contribution in [0.3, 0.4) is 0 Å². The zero-order valence-corrected chi connectivity index (χ0v) is 21.3. The molecular formula is C31H49N. The lowest BCUT2D eigenvalue weighted by Gasteiger charge is -2.46. The summed E-state index contributed by atoms with van der Waals surface area (Å²) in [5.74, 6) is 0. The Balaban J connectivity index is 1.97. The largest absolute Gasteiger partial charge is 0.325 e. The minimum absolute atomic E-state index is 0.166. The molecule has 0 aliphatic heterocycles. The molecule has 2 rings (SSSR count). The zero-order chi connectivity index (χ0) is 23.1. The molecule has 0 bridgehead atoms. The van der Waals surface area contributed by atoms with Crippen LogP contribution < -0.4 is 5.73 Å². The molecule has 2 aromatic rings. The molecule has 0 saturated carbocycles. The monoisotopic (exact) mass is 435 g/mol. The Morgan fingerprint density at radius 1 is 0.562 bits per heavy atom. The van der Waals surface area contributed by atoms with Crippen molar-refractivity contribution in [1.82, 2.24) is 0 Å². The summed E-state index contributed by atoms with van der Waals surface area (Å²) in [5.41, 5.74) is 9.81. The highest BCUT2D eigenvalue weighted by Crippen LogP contribution is 2.44. The van der Waals surface area contributed by atoms with Crippen molar-refractivity contribution in [2.45, 2.75) is 116 Å². The molecule has 1 heteroatoms. The molecule has 0 aliphatic rings. The van der Waals surface area contributed by atoms with Crippen molar-refractivity contribution in [3.8, 4) is 0 Å². The molecule has 0 radical (unpaired) electrons. The highest BCUT2D eigenvalue weighted by atomic mass is 14.8. The summed E-state index contributed by atoms with van der Waals surface area (Å²) in [6, 6.07) is 21.9. The SMILES string of the molecule is CCCCCCCCCCCC(CCc1ccccc1)(CCc1ccccc1)C(C)(C)N. The average molecular weight is 436 g/mol. The van der Waals surface area contributed by atoms with Gasteiger partial charge in [-0.1, -0.05) is 125 Å². The van der Waals surface area contributed by atoms with Gasteiger partial charge in [0.2, 0.25) is 0 Å². The number of nitrogens with two attached hydrogens (primary N) is 1. The summed E-state index contributed by atoms with van der Waals surface area (Å²) in [6.45, 7) is 6.84. The minimum atomic E-state index is -0.184. The number of aryl methyl sites for hydroxylation is 2. The summed E-state index contributed by atoms with van der Waals surface area (Å²) < 4.78 is 0. The summed E-state index contributed by atoms with van der Waals surface area (Å²) in [7, 11) is 0. The molecule has 0 amide bonds. The third-order valence-electron chi connectivity index (χ3n) is 7.60. The predicted molar refractivity (Wildman–Crippen MR) is 142 cm³/mol. The second kappa shape index (κ2) is 14.5. The van der Waals surface area contributed by atoms with Crippen molar-refractivity contribution < 1.29 is 0 Å². The first kappa shape index (κ1) is 26.7. The number of hydrogen-bond acceptors (Lipinski definition) is 1. The van der Waals surface area contributed by atoms with Crippen molar-refractivity contribution in [3.63, 3.8) is 0 Å². The van der Waals surface area contributed by atoms with E-state index in [0.29, 0.717) is 0 Å². The van der Waals surface area contributed by atoms with Gasteiger partial charge in [-0.15, -0.1) is 0 Å². The fourth-order valence-electron chi connectivity index (χ4n) is 5.17. The molecule has 0 atom stereocenters. The van der Waals surface area contributed by atoms with Crippen LogP contribution >= 0.6 is 0 Å². The maximum atomic E-state index is 6.95. The normalized spacial score (nSPS) is 12.2. The minimum Gasteiger partial charge on any atom is -0.325 e. The van der Waals surface area contributed by atoms with E-state index in [1.165, 1.54) is 88.2 Å². The number of unbranched alkanes of at least 4 members (excludes halogenated alkanes) is 8. The Hall–Kier alpha value is -1.60. The molecule has 32 heavy (non-hydrogen) atoms. The van der Waals surface area contributed by atoms with E-state index in [9.17, 15) is 0 Å². The Kier molecular flexibility index (Phi) is 12.1. The zero-order valence-electron chi connectivity index (χ0n) is 21.3. The first-order valence-electron chi connectivity index (χ1n) is 13.3. The molecule has 0 heterocycles. The van der Waals surface area contributed by atoms with Gasteiger partial charge in [-0.25, -0.2) is 0 Å². The van der Waals surface area contributed by atoms with E-state index in [0.717, 1.165) is 12.8 Å². The lowest BCUT2D eigenvalue weighted by atomic mass is 9.62. The van der Waals surface area contributed by atoms with Crippen LogP contribution in [0.5, 0.6) is 0 Å². The quantitative estimate of drug-likeness (QED) is 0.247. The van der Waals surface area contributed by atoms with Gasteiger partial charge in [0.05, 0.1) is 0 Å². The molecular weight excluding hydrogens is 386 g/mol. The van der Waals surface area contributed by atoms with Crippen LogP contribution in [0, 0.1) is 5.41 Å². The first-order chi connectivity index (χ1) is 15.5. The number of rotatable bonds is 17. The Bertz CT molecular complexity index is 655. The van der Waals surface area contributed by atoms with Gasteiger partial charge >= 0.3 is 0 Å². The standard InChI is InChI=1S/C31H49N/c1-4-5-6-7-8-9-10-11-18-25-31(30(2,3)32,26-23-28-19-14-12-15-20-28)27-24-29-21-16-13-17-22-29/h12-17,19-22H,4-11,18,23-27,32H2,1-3H3. The molecule has 2 N–H and O–H groups in total. The second-order valence-electron chi connectivity index (χ2n) is 10.6. The van der Waals surface area contributed by atoms with E-state index in [1.54, 1.807) is 0 Å². The molecule has 0 aromatic heterocycles. The molecule has 178 valence electrons. The Morgan fingerprint density at radius 2 is 0.969 bits per heavy atom. The van der Waals surface area contributed by atoms with Crippen molar-refractivity contribution in [2.24, 2.45) is 11.1 Å². The summed E-state index contributed by atoms with van der Waals surface area (Å²) >= 11 is 0. The molecule has 0 spiro atoms. The van der Waals surface area contributed by atoms with Gasteiger partial charge in [-0.2, -0.15) is 0 Å². The topological polar surface area (TPSA) is 26.0 Å². The molecule has 0 aliphatic carbocycles. The smallest absolute Gasteiger partial charge is 0.0154 e. The summed E-state index contributed by atoms with van der Waals surface area (Å²) in [5, 5.41) is 0. The maximum absolute atomic E-state index is 6.95. The summed E-state index contributed by atoms with van der Waals surface area (Å²) in [6.07, 6.45) is 18.2. The highest BCUT2D eigenvalue weighted by Gasteiger charge is 2.41. The van der Waals surface area contributed by atoms with Crippen LogP contribution in [0.4, 0.5) is 0 Å². The average Bonchev–Trinajstić information content (AvgIpc) is 2.80. The van der Waals surface area contributed by atoms with Gasteiger partial charge < -0.3 is 5.73 Å². The van der Waals surface area contributed by atoms with Gasteiger partial charge in [0, 0.05) is 5.54 Å². The van der Waals surface area contributed by atoms with Crippen LogP contribution in [-0.2, 0) is 12.8 Å². The van der Waals surface area contributed by atoms with E-state index >= 15 is 0 Å². The van der Waals surface area contributed by atoms with E-state index in [-0.39, 0.29) is 11.0 Å². The highest BCUT2D eigenvalue weighted by molar-refractivity contribution is 5.17. The van der Waals surface area contributed by atoms with Crippen LogP contribution in [0.15, 0.2) is 60.7 Å². The first-order valence-corrected chi connectivity index (χ1v) is 13.3. The van der Waals surface area contributed by atoms with Crippen LogP contribution in [-0.4, -0.2) is 5.54 Å². The summed E-state index contributed by atoms with van der Waals surface area (Å²) in [4.78, 5) is 0. The molecule has 0 unspecified atom stereocenters. The third-order valence-corrected chi connectivity index (χ3v) is 7.60. The van der Waals surface area contributed by atoms with Crippen LogP contribution in [0.1, 0.15) is 109 Å². The molecule has 2 aromatic carbocycles. The predicted octanol–water partition coefficient (Wildman–Crippen LogP) is 8.90. The van der Waals surface area contributed by atoms with Crippen LogP contribution in [0.25, 0.3) is 0 Å². The van der Waals surface area contributed by atoms with E-state index in [4.69, 9.17) is 5.73 Å². The van der Waals surface area contributed by atoms with Gasteiger partial charge in [0.15, 0.2) is 0 Å². The van der Waals surface area contributed by atoms with E-state index in [2.05, 4.69) is 81.4 Å². The van der Waals surface area contributed by atoms with E-state index in [1.807, 2.05) is 0 Å². The van der Waals surface area contributed by atoms with Crippen molar-refractivity contribution >= 4 is 0 Å². The maximum Gasteiger partial charge on any atom is 0.0154 e. The van der Waals surface area contributed by atoms with Crippen molar-refractivity contribution in [2.75, 3.05) is 0 Å². The second-order valence-corrected chi connectivity index (χ2v) is 10.6. The van der Waals surface area contributed by atoms with Crippen molar-refractivity contribution in [1.29, 1.82) is 0 Å². The van der Waals surface area contributed by atoms with Gasteiger partial charge in [0.25, 0.3) is 0 Å². The van der Waals surface area contributed by atoms with Crippen molar-refractivity contribution in [3.05, 3.63) is 71.8 Å². The Morgan fingerprint density at radius 3 is 1.38 bits per heavy atom. The number of hydrogen-bond donors (Lipinski definition) is 1.